The van der Waals surface area contributed by atoms with E-state index in [0.29, 0.717) is 96.8 Å². The van der Waals surface area contributed by atoms with E-state index in [0.717, 1.165) is 89.1 Å². The molecule has 6 heterocycles. The van der Waals surface area contributed by atoms with Crippen molar-refractivity contribution in [2.24, 2.45) is 0 Å². The van der Waals surface area contributed by atoms with Gasteiger partial charge in [-0.2, -0.15) is 9.97 Å². The summed E-state index contributed by atoms with van der Waals surface area (Å²) in [5.41, 5.74) is 2.39. The van der Waals surface area contributed by atoms with Gasteiger partial charge < -0.3 is 45.6 Å². The number of rotatable bonds is 21. The molecule has 1 amide bonds. The summed E-state index contributed by atoms with van der Waals surface area (Å²) in [5, 5.41) is 21.3. The number of halogens is 2. The summed E-state index contributed by atoms with van der Waals surface area (Å²) < 4.78 is 38.7. The van der Waals surface area contributed by atoms with Gasteiger partial charge in [-0.15, -0.1) is 6.42 Å². The maximum atomic E-state index is 17.1. The predicted octanol–water partition coefficient (Wildman–Crippen LogP) is 6.63. The number of carboxylic acid groups (broad SMARTS) is 1. The van der Waals surface area contributed by atoms with Crippen molar-refractivity contribution in [2.45, 2.75) is 100 Å². The highest BCUT2D eigenvalue weighted by molar-refractivity contribution is 6.02. The molecule has 2 bridgehead atoms. The zero-order chi connectivity index (χ0) is 57.1. The number of aromatic nitrogens is 3. The number of hydrogen-bond acceptors (Lipinski definition) is 16. The number of aldehydes is 4. The first-order valence-electron chi connectivity index (χ1n) is 26.6. The molecule has 5 N–H and O–H groups in total. The van der Waals surface area contributed by atoms with Gasteiger partial charge in [-0.25, -0.2) is 8.78 Å². The molecule has 5 atom stereocenters. The summed E-state index contributed by atoms with van der Waals surface area (Å²) in [5.74, 6) is 1.69. The molecule has 4 saturated heterocycles. The van der Waals surface area contributed by atoms with Crippen LogP contribution < -0.4 is 30.9 Å². The summed E-state index contributed by atoms with van der Waals surface area (Å²) in [6, 6.07) is 13.8. The maximum Gasteiger partial charge on any atom is 0.319 e. The van der Waals surface area contributed by atoms with Crippen LogP contribution in [-0.4, -0.2) is 165 Å². The molecular weight excluding hydrogens is 1010 g/mol. The molecule has 0 spiro atoms. The van der Waals surface area contributed by atoms with Gasteiger partial charge in [-0.05, 0) is 116 Å². The fraction of sp³-hybridized carbons (Fsp3) is 0.441. The third-order valence-corrected chi connectivity index (χ3v) is 14.7. The van der Waals surface area contributed by atoms with E-state index in [-0.39, 0.29) is 63.9 Å². The predicted molar refractivity (Wildman–Crippen MR) is 302 cm³/mol. The number of terminal acetylenes is 1. The van der Waals surface area contributed by atoms with Crippen LogP contribution in [0.15, 0.2) is 66.9 Å². The standard InChI is InChI=1S/C49H50F2N8O4.C7H13NO2.C2H7N.CH2O2/c1-3-38-41(50)16-12-31-8-7-9-39(43(31)38)45-44(51)46-40(23-53-45)47(58-25-35-14-15-36(26-58)54-35)57-48(56-46)63-29-49-18-17-37(59(49)24-30(2)21-49)22-52-19-6-4-5-10-42(62)55-34-13-11-32(27-60)33(20-34)28-61;1-8(2)7(6-10)4-3-5-9;1-3-2;2-1-3/h1,7-9,11-13,16,20,23,27-28,35-37,52,54H,2,4-6,10,14-15,17-19,21-22,24-26,29H2,(H,55,62);5-7H,3-4H2,1-2H3;3H,1-2H3;1H,(H,2,3). The third-order valence-electron chi connectivity index (χ3n) is 14.7. The van der Waals surface area contributed by atoms with Crippen molar-refractivity contribution in [1.29, 1.82) is 0 Å². The number of anilines is 2. The number of nitrogens with one attached hydrogen (secondary N) is 4. The summed E-state index contributed by atoms with van der Waals surface area (Å²) >= 11 is 0. The number of carbonyl (C=O) groups excluding carboxylic acids is 5. The highest BCUT2D eigenvalue weighted by atomic mass is 19.1. The van der Waals surface area contributed by atoms with Crippen molar-refractivity contribution in [3.05, 3.63) is 95.2 Å². The number of nitrogens with zero attached hydrogens (tertiary/aromatic N) is 6. The van der Waals surface area contributed by atoms with Gasteiger partial charge in [0.05, 0.1) is 22.5 Å². The van der Waals surface area contributed by atoms with Crippen LogP contribution in [0.5, 0.6) is 6.01 Å². The zero-order valence-corrected chi connectivity index (χ0v) is 45.4. The Balaban J connectivity index is 0.000000554. The Morgan fingerprint density at radius 3 is 2.42 bits per heavy atom. The molecular formula is C59H72F2N10O8. The number of piperazine rings is 1. The second kappa shape index (κ2) is 29.5. The number of pyridine rings is 1. The molecule has 3 aromatic carbocycles. The molecule has 4 fully saturated rings. The number of carbonyl (C=O) groups is 6. The number of likely N-dealkylation sites (N-methyl/N-ethyl adjacent to an activating group) is 1. The Bertz CT molecular complexity index is 3000. The van der Waals surface area contributed by atoms with Crippen molar-refractivity contribution in [1.82, 2.24) is 40.7 Å². The van der Waals surface area contributed by atoms with Crippen LogP contribution in [0.1, 0.15) is 96.9 Å². The van der Waals surface area contributed by atoms with Crippen LogP contribution in [0.3, 0.4) is 0 Å². The number of ether oxygens (including phenoxy) is 1. The molecule has 0 saturated carbocycles. The van der Waals surface area contributed by atoms with Gasteiger partial charge in [-0.1, -0.05) is 48.8 Å². The van der Waals surface area contributed by atoms with Gasteiger partial charge in [0.15, 0.2) is 18.4 Å². The van der Waals surface area contributed by atoms with Crippen molar-refractivity contribution < 1.29 is 47.4 Å². The minimum atomic E-state index is -0.653. The SMILES string of the molecule is C#Cc1c(F)ccc2cccc(-c3ncc4c(N5CC6CCC(C5)N6)nc(OCC56CCC(CNCCCCCC(=O)Nc7ccc(C=O)c(C=O)c7)N5CC(=C)C6)nc4c3F)c12.CN(C)C(C=O)CCC=O.CNC.O=CO. The first-order valence-corrected chi connectivity index (χ1v) is 26.6. The van der Waals surface area contributed by atoms with Crippen LogP contribution in [0.4, 0.5) is 20.3 Å². The molecule has 5 aromatic rings. The fourth-order valence-electron chi connectivity index (χ4n) is 10.9. The normalized spacial score (nSPS) is 19.4. The Morgan fingerprint density at radius 2 is 1.75 bits per heavy atom. The summed E-state index contributed by atoms with van der Waals surface area (Å²) in [6.07, 6.45) is 19.0. The average molecular weight is 1090 g/mol. The van der Waals surface area contributed by atoms with Crippen LogP contribution in [0.25, 0.3) is 32.9 Å². The largest absolute Gasteiger partial charge is 0.483 e. The lowest BCUT2D eigenvalue weighted by molar-refractivity contribution is -0.123. The monoisotopic (exact) mass is 1090 g/mol. The first kappa shape index (κ1) is 60.8. The highest BCUT2D eigenvalue weighted by Gasteiger charge is 2.51. The Labute approximate surface area is 460 Å². The molecule has 4 aliphatic heterocycles. The fourth-order valence-corrected chi connectivity index (χ4v) is 10.9. The number of amides is 1. The first-order chi connectivity index (χ1) is 38.2. The second-order valence-corrected chi connectivity index (χ2v) is 20.4. The smallest absolute Gasteiger partial charge is 0.319 e. The van der Waals surface area contributed by atoms with E-state index in [1.165, 1.54) is 18.2 Å². The molecule has 0 radical (unpaired) electrons. The van der Waals surface area contributed by atoms with Crippen molar-refractivity contribution >= 4 is 70.7 Å². The molecule has 420 valence electrons. The number of hydrogen-bond donors (Lipinski definition) is 5. The summed E-state index contributed by atoms with van der Waals surface area (Å²) in [6.45, 7) is 8.23. The third kappa shape index (κ3) is 15.2. The van der Waals surface area contributed by atoms with E-state index in [1.807, 2.05) is 34.3 Å². The van der Waals surface area contributed by atoms with E-state index < -0.39 is 11.6 Å². The highest BCUT2D eigenvalue weighted by Crippen LogP contribution is 2.45. The van der Waals surface area contributed by atoms with E-state index in [1.54, 1.807) is 35.4 Å². The zero-order valence-electron chi connectivity index (χ0n) is 45.4. The van der Waals surface area contributed by atoms with E-state index >= 15 is 4.39 Å². The molecule has 0 aliphatic carbocycles. The Hall–Kier alpha value is -7.41. The van der Waals surface area contributed by atoms with Crippen molar-refractivity contribution in [2.75, 3.05) is 77.7 Å². The van der Waals surface area contributed by atoms with E-state index in [9.17, 15) is 28.4 Å². The number of fused-ring (bicyclic) bond motifs is 5. The molecule has 5 unspecified atom stereocenters. The number of unbranched alkanes of at least 4 members (excludes halogenated alkanes) is 2. The molecule has 79 heavy (non-hydrogen) atoms. The topological polar surface area (TPSA) is 228 Å². The van der Waals surface area contributed by atoms with Gasteiger partial charge >= 0.3 is 6.01 Å². The van der Waals surface area contributed by atoms with Crippen LogP contribution in [0.2, 0.25) is 0 Å². The molecule has 2 aromatic heterocycles. The Morgan fingerprint density at radius 1 is 1.01 bits per heavy atom. The van der Waals surface area contributed by atoms with Gasteiger partial charge in [-0.3, -0.25) is 34.0 Å². The van der Waals surface area contributed by atoms with Crippen LogP contribution in [0, 0.1) is 24.0 Å². The quantitative estimate of drug-likeness (QED) is 0.0225. The second-order valence-electron chi connectivity index (χ2n) is 20.4. The van der Waals surface area contributed by atoms with Crippen LogP contribution in [-0.2, 0) is 19.2 Å². The minimum absolute atomic E-state index is 0.0219. The lowest BCUT2D eigenvalue weighted by atomic mass is 9.94. The molecule has 18 nitrogen and oxygen atoms in total. The average Bonchev–Trinajstić information content (AvgIpc) is 4.18. The minimum Gasteiger partial charge on any atom is -0.483 e. The van der Waals surface area contributed by atoms with E-state index in [2.05, 4.69) is 48.6 Å². The summed E-state index contributed by atoms with van der Waals surface area (Å²) in [7, 11) is 7.40. The lowest BCUT2D eigenvalue weighted by Crippen LogP contribution is -2.51. The summed E-state index contributed by atoms with van der Waals surface area (Å²) in [4.78, 5) is 84.3. The number of benzene rings is 3. The van der Waals surface area contributed by atoms with Gasteiger partial charge in [0.1, 0.15) is 42.0 Å². The van der Waals surface area contributed by atoms with Gasteiger partial charge in [0.25, 0.3) is 6.47 Å². The molecule has 4 aliphatic rings. The lowest BCUT2D eigenvalue weighted by Gasteiger charge is -2.35. The molecule has 20 heteroatoms. The van der Waals surface area contributed by atoms with Crippen LogP contribution >= 0.6 is 0 Å². The van der Waals surface area contributed by atoms with Gasteiger partial charge in [0, 0.05) is 91.1 Å². The van der Waals surface area contributed by atoms with Crippen molar-refractivity contribution in [3.63, 3.8) is 0 Å². The molecule has 9 rings (SSSR count). The van der Waals surface area contributed by atoms with Crippen molar-refractivity contribution in [3.8, 4) is 29.6 Å². The Kier molecular flexibility index (Phi) is 22.7. The maximum absolute atomic E-state index is 17.1. The van der Waals surface area contributed by atoms with Gasteiger partial charge in [0.2, 0.25) is 5.91 Å². The van der Waals surface area contributed by atoms with E-state index in [4.69, 9.17) is 31.0 Å².